The first-order valence-corrected chi connectivity index (χ1v) is 11.6. The van der Waals surface area contributed by atoms with Crippen LogP contribution in [-0.2, 0) is 16.1 Å². The number of nitrogens with one attached hydrogen (secondary N) is 1. The van der Waals surface area contributed by atoms with Crippen molar-refractivity contribution in [1.29, 1.82) is 5.26 Å². The number of rotatable bonds is 7. The quantitative estimate of drug-likeness (QED) is 0.268. The van der Waals surface area contributed by atoms with Gasteiger partial charge in [-0.1, -0.05) is 35.5 Å². The summed E-state index contributed by atoms with van der Waals surface area (Å²) in [5.41, 5.74) is 5.91. The van der Waals surface area contributed by atoms with E-state index in [0.29, 0.717) is 15.7 Å². The molecule has 176 valence electrons. The standard InChI is InChI=1S/C24H26N6O3S/c1-4-14-33-24(32)18(17-25)15-22-30(5-2)23(31)20(34-22)7-9-26-19-6-8-27-21(16-19)29-12-10-28(3)11-13-29/h4,6,8-9,16H,1,5,10-14H2,2-3H3,(H,26,27). The molecule has 0 unspecified atom stereocenters. The van der Waals surface area contributed by atoms with E-state index in [2.05, 4.69) is 45.2 Å². The number of ether oxygens (including phenoxy) is 1. The first-order valence-electron chi connectivity index (χ1n) is 10.8. The molecule has 9 nitrogen and oxygen atoms in total. The van der Waals surface area contributed by atoms with Crippen molar-refractivity contribution in [2.75, 3.05) is 50.1 Å². The number of nitrogens with zero attached hydrogens (tertiary/aromatic N) is 5. The van der Waals surface area contributed by atoms with E-state index in [-0.39, 0.29) is 17.7 Å². The highest BCUT2D eigenvalue weighted by atomic mass is 32.1. The fourth-order valence-electron chi connectivity index (χ4n) is 3.22. The third-order valence-electron chi connectivity index (χ3n) is 5.09. The number of thiazole rings is 1. The molecule has 0 bridgehead atoms. The Kier molecular flexibility index (Phi) is 8.63. The summed E-state index contributed by atoms with van der Waals surface area (Å²) in [6.45, 7) is 9.41. The van der Waals surface area contributed by atoms with E-state index in [0.717, 1.165) is 49.0 Å². The number of anilines is 2. The summed E-state index contributed by atoms with van der Waals surface area (Å²) >= 11 is 1.09. The molecule has 0 spiro atoms. The minimum absolute atomic E-state index is 0.0182. The molecule has 0 radical (unpaired) electrons. The van der Waals surface area contributed by atoms with Gasteiger partial charge < -0.3 is 19.9 Å². The Morgan fingerprint density at radius 2 is 2.15 bits per heavy atom. The monoisotopic (exact) mass is 478 g/mol. The lowest BCUT2D eigenvalue weighted by atomic mass is 10.3. The molecular weight excluding hydrogens is 452 g/mol. The number of hydrogen-bond donors (Lipinski definition) is 1. The van der Waals surface area contributed by atoms with Gasteiger partial charge in [0.25, 0.3) is 5.56 Å². The normalized spacial score (nSPS) is 13.3. The Labute approximate surface area is 201 Å². The number of hydrogen-bond acceptors (Lipinski definition) is 9. The first kappa shape index (κ1) is 24.8. The van der Waals surface area contributed by atoms with Gasteiger partial charge in [0.05, 0.1) is 0 Å². The summed E-state index contributed by atoms with van der Waals surface area (Å²) in [5.74, 6) is 0.0767. The van der Waals surface area contributed by atoms with Gasteiger partial charge in [0.2, 0.25) is 0 Å². The maximum Gasteiger partial charge on any atom is 0.357 e. The number of aromatic nitrogens is 2. The molecule has 0 aliphatic carbocycles. The summed E-state index contributed by atoms with van der Waals surface area (Å²) in [6, 6.07) is 5.57. The van der Waals surface area contributed by atoms with Gasteiger partial charge >= 0.3 is 5.97 Å². The van der Waals surface area contributed by atoms with Crippen LogP contribution in [-0.4, -0.2) is 60.3 Å². The summed E-state index contributed by atoms with van der Waals surface area (Å²) in [4.78, 5) is 33.7. The number of nitriles is 1. The zero-order chi connectivity index (χ0) is 24.5. The van der Waals surface area contributed by atoms with Gasteiger partial charge in [0, 0.05) is 56.9 Å². The number of likely N-dealkylation sites (N-methyl/N-ethyl adjacent to an activating group) is 1. The second kappa shape index (κ2) is 11.8. The van der Waals surface area contributed by atoms with Crippen molar-refractivity contribution in [2.24, 2.45) is 0 Å². The van der Waals surface area contributed by atoms with Crippen LogP contribution in [0.3, 0.4) is 0 Å². The van der Waals surface area contributed by atoms with Crippen LogP contribution >= 0.6 is 11.3 Å². The fourth-order valence-corrected chi connectivity index (χ4v) is 4.21. The number of esters is 1. The van der Waals surface area contributed by atoms with Crippen molar-refractivity contribution in [3.8, 4) is 6.07 Å². The molecule has 34 heavy (non-hydrogen) atoms. The maximum absolute atomic E-state index is 12.7. The molecule has 10 heteroatoms. The Balaban J connectivity index is 1.91. The van der Waals surface area contributed by atoms with E-state index in [4.69, 9.17) is 4.74 Å². The van der Waals surface area contributed by atoms with Crippen LogP contribution in [0.2, 0.25) is 0 Å². The smallest absolute Gasteiger partial charge is 0.357 e. The highest BCUT2D eigenvalue weighted by Crippen LogP contribution is 2.17. The van der Waals surface area contributed by atoms with Gasteiger partial charge in [-0.2, -0.15) is 5.26 Å². The van der Waals surface area contributed by atoms with Gasteiger partial charge in [-0.25, -0.2) is 9.78 Å². The lowest BCUT2D eigenvalue weighted by Gasteiger charge is -2.33. The average molecular weight is 479 g/mol. The van der Waals surface area contributed by atoms with Crippen molar-refractivity contribution in [3.05, 3.63) is 62.3 Å². The van der Waals surface area contributed by atoms with Crippen LogP contribution in [0.15, 0.2) is 47.6 Å². The van der Waals surface area contributed by atoms with Crippen LogP contribution in [0.5, 0.6) is 0 Å². The first-order chi connectivity index (χ1) is 16.5. The Morgan fingerprint density at radius 1 is 1.38 bits per heavy atom. The molecule has 3 rings (SSSR count). The van der Waals surface area contributed by atoms with E-state index in [1.54, 1.807) is 25.4 Å². The largest absolute Gasteiger partial charge is 0.457 e. The molecule has 1 fully saturated rings. The second-order valence-corrected chi connectivity index (χ2v) is 8.41. The van der Waals surface area contributed by atoms with E-state index in [1.165, 1.54) is 10.6 Å². The van der Waals surface area contributed by atoms with Crippen molar-refractivity contribution in [3.63, 3.8) is 0 Å². The zero-order valence-corrected chi connectivity index (χ0v) is 20.0. The summed E-state index contributed by atoms with van der Waals surface area (Å²) in [5, 5.41) is 12.4. The molecule has 1 N–H and O–H groups in total. The lowest BCUT2D eigenvalue weighted by Crippen LogP contribution is -2.44. The number of pyridine rings is 1. The van der Waals surface area contributed by atoms with Crippen molar-refractivity contribution < 1.29 is 9.53 Å². The fraction of sp³-hybridized carbons (Fsp3) is 0.333. The predicted molar refractivity (Wildman–Crippen MR) is 133 cm³/mol. The van der Waals surface area contributed by atoms with Gasteiger partial charge in [-0.3, -0.25) is 9.36 Å². The topological polar surface area (TPSA) is 103 Å². The Hall–Kier alpha value is -3.86. The van der Waals surface area contributed by atoms with Crippen molar-refractivity contribution >= 4 is 40.3 Å². The van der Waals surface area contributed by atoms with Crippen LogP contribution in [0, 0.1) is 11.3 Å². The molecule has 0 amide bonds. The third-order valence-corrected chi connectivity index (χ3v) is 6.11. The van der Waals surface area contributed by atoms with Crippen molar-refractivity contribution in [1.82, 2.24) is 14.5 Å². The molecule has 2 aromatic rings. The minimum Gasteiger partial charge on any atom is -0.457 e. The van der Waals surface area contributed by atoms with Crippen LogP contribution in [0.25, 0.3) is 11.5 Å². The minimum atomic E-state index is -0.817. The average Bonchev–Trinajstić information content (AvgIpc) is 3.15. The molecule has 2 aromatic heterocycles. The van der Waals surface area contributed by atoms with Gasteiger partial charge in [-0.05, 0) is 20.0 Å². The summed E-state index contributed by atoms with van der Waals surface area (Å²) < 4.78 is 6.99. The van der Waals surface area contributed by atoms with Gasteiger partial charge in [0.15, 0.2) is 5.57 Å². The molecular formula is C24H26N6O3S. The molecule has 1 saturated heterocycles. The van der Waals surface area contributed by atoms with Crippen molar-refractivity contribution in [2.45, 2.75) is 13.5 Å². The summed E-state index contributed by atoms with van der Waals surface area (Å²) in [6.07, 6.45) is 4.71. The molecule has 1 aliphatic rings. The predicted octanol–water partition coefficient (Wildman–Crippen LogP) is 0.640. The van der Waals surface area contributed by atoms with E-state index >= 15 is 0 Å². The zero-order valence-electron chi connectivity index (χ0n) is 19.2. The van der Waals surface area contributed by atoms with Crippen LogP contribution < -0.4 is 25.0 Å². The Bertz CT molecular complexity index is 1350. The van der Waals surface area contributed by atoms with E-state index < -0.39 is 5.97 Å². The maximum atomic E-state index is 12.7. The molecule has 0 aromatic carbocycles. The number of piperazine rings is 1. The lowest BCUT2D eigenvalue weighted by molar-refractivity contribution is -0.137. The number of carbonyl (C=O) groups is 1. The highest BCUT2D eigenvalue weighted by molar-refractivity contribution is 7.07. The van der Waals surface area contributed by atoms with E-state index in [9.17, 15) is 14.9 Å². The third kappa shape index (κ3) is 6.13. The van der Waals surface area contributed by atoms with E-state index in [1.807, 2.05) is 12.1 Å². The van der Waals surface area contributed by atoms with Crippen LogP contribution in [0.4, 0.5) is 11.5 Å². The Morgan fingerprint density at radius 3 is 2.82 bits per heavy atom. The molecule has 0 saturated carbocycles. The van der Waals surface area contributed by atoms with Crippen LogP contribution in [0.1, 0.15) is 6.92 Å². The SMILES string of the molecule is C=CCOC(=O)C(=C=c1sc(=C=CNc2ccnc(N3CCN(C)CC3)c2)c(=O)n1CC)C#N. The van der Waals surface area contributed by atoms with Gasteiger partial charge in [-0.15, -0.1) is 0 Å². The molecule has 3 heterocycles. The molecule has 0 atom stereocenters. The molecule has 1 aliphatic heterocycles. The van der Waals surface area contributed by atoms with Gasteiger partial charge in [0.1, 0.15) is 27.7 Å². The highest BCUT2D eigenvalue weighted by Gasteiger charge is 2.15. The summed E-state index contributed by atoms with van der Waals surface area (Å²) in [7, 11) is 2.11. The second-order valence-electron chi connectivity index (χ2n) is 7.41. The number of carbonyl (C=O) groups excluding carboxylic acids is 1.